The third-order valence-corrected chi connectivity index (χ3v) is 5.96. The van der Waals surface area contributed by atoms with E-state index in [0.29, 0.717) is 0 Å². The molecule has 2 aliphatic rings. The van der Waals surface area contributed by atoms with Gasteiger partial charge in [-0.2, -0.15) is 0 Å². The summed E-state index contributed by atoms with van der Waals surface area (Å²) in [4.78, 5) is 40.1. The van der Waals surface area contributed by atoms with Crippen LogP contribution >= 0.6 is 0 Å². The molecule has 0 spiro atoms. The average Bonchev–Trinajstić information content (AvgIpc) is 3.15. The fraction of sp³-hybridized carbons (Fsp3) is 0.375. The number of ether oxygens (including phenoxy) is 2. The van der Waals surface area contributed by atoms with Crippen molar-refractivity contribution in [3.8, 4) is 0 Å². The lowest BCUT2D eigenvalue weighted by Crippen LogP contribution is -2.49. The van der Waals surface area contributed by atoms with Crippen molar-refractivity contribution >= 4 is 18.0 Å². The number of rotatable bonds is 4. The Bertz CT molecular complexity index is 876. The Morgan fingerprint density at radius 2 is 1.57 bits per heavy atom. The van der Waals surface area contributed by atoms with Crippen molar-refractivity contribution in [1.82, 2.24) is 4.90 Å². The molecular weight excluding hydrogens is 382 g/mol. The average molecular weight is 407 g/mol. The highest BCUT2D eigenvalue weighted by Gasteiger charge is 2.50. The molecule has 0 saturated carbocycles. The Balaban J connectivity index is 1.79. The van der Waals surface area contributed by atoms with E-state index in [4.69, 9.17) is 9.47 Å². The Kier molecular flexibility index (Phi) is 5.57. The van der Waals surface area contributed by atoms with Gasteiger partial charge in [0.2, 0.25) is 5.91 Å². The van der Waals surface area contributed by atoms with Crippen LogP contribution in [-0.4, -0.2) is 35.5 Å². The second-order valence-electron chi connectivity index (χ2n) is 8.16. The molecule has 2 aromatic rings. The largest absolute Gasteiger partial charge is 0.457 e. The zero-order chi connectivity index (χ0) is 21.3. The standard InChI is InChI=1S/C24H25NO5/c1-15(2)19-14-29-24(28)25(19)23(27)21-18(16-9-5-3-6-10-16)13-20(26)30-22(21)17-11-7-4-8-12-17/h3-12,15,18-19,21-22H,13-14H2,1-2H3/t18-,19+,21-,22+/m0/s1. The molecule has 30 heavy (non-hydrogen) atoms. The molecule has 2 fully saturated rings. The number of benzene rings is 2. The van der Waals surface area contributed by atoms with Gasteiger partial charge in [-0.05, 0) is 17.0 Å². The molecule has 2 aromatic carbocycles. The van der Waals surface area contributed by atoms with Crippen molar-refractivity contribution in [1.29, 1.82) is 0 Å². The lowest BCUT2D eigenvalue weighted by molar-refractivity contribution is -0.166. The van der Waals surface area contributed by atoms with Gasteiger partial charge in [-0.1, -0.05) is 74.5 Å². The van der Waals surface area contributed by atoms with Crippen LogP contribution < -0.4 is 0 Å². The fourth-order valence-corrected chi connectivity index (χ4v) is 4.37. The topological polar surface area (TPSA) is 72.9 Å². The maximum Gasteiger partial charge on any atom is 0.416 e. The van der Waals surface area contributed by atoms with Crippen LogP contribution in [0.25, 0.3) is 0 Å². The first kappa shape index (κ1) is 20.1. The van der Waals surface area contributed by atoms with E-state index in [-0.39, 0.29) is 36.9 Å². The maximum atomic E-state index is 13.8. The Morgan fingerprint density at radius 3 is 2.17 bits per heavy atom. The van der Waals surface area contributed by atoms with E-state index in [1.54, 1.807) is 0 Å². The summed E-state index contributed by atoms with van der Waals surface area (Å²) in [5.74, 6) is -1.78. The summed E-state index contributed by atoms with van der Waals surface area (Å²) in [6.45, 7) is 4.09. The highest BCUT2D eigenvalue weighted by molar-refractivity contribution is 5.96. The van der Waals surface area contributed by atoms with Gasteiger partial charge in [-0.25, -0.2) is 9.69 Å². The normalized spacial score (nSPS) is 26.4. The van der Waals surface area contributed by atoms with Gasteiger partial charge in [0.15, 0.2) is 0 Å². The van der Waals surface area contributed by atoms with Gasteiger partial charge in [0.05, 0.1) is 18.4 Å². The third kappa shape index (κ3) is 3.70. The molecule has 0 bridgehead atoms. The minimum Gasteiger partial charge on any atom is -0.457 e. The van der Waals surface area contributed by atoms with Crippen molar-refractivity contribution < 1.29 is 23.9 Å². The number of carbonyl (C=O) groups is 3. The molecule has 4 rings (SSSR count). The molecule has 4 atom stereocenters. The van der Waals surface area contributed by atoms with Gasteiger partial charge in [0, 0.05) is 5.92 Å². The number of imide groups is 1. The van der Waals surface area contributed by atoms with E-state index < -0.39 is 24.0 Å². The maximum absolute atomic E-state index is 13.8. The lowest BCUT2D eigenvalue weighted by Gasteiger charge is -2.39. The van der Waals surface area contributed by atoms with Crippen molar-refractivity contribution in [2.75, 3.05) is 6.61 Å². The first-order valence-electron chi connectivity index (χ1n) is 10.3. The Labute approximate surface area is 175 Å². The predicted molar refractivity (Wildman–Crippen MR) is 109 cm³/mol. The van der Waals surface area contributed by atoms with E-state index in [9.17, 15) is 14.4 Å². The summed E-state index contributed by atoms with van der Waals surface area (Å²) in [6.07, 6.45) is -1.32. The first-order chi connectivity index (χ1) is 14.5. The lowest BCUT2D eigenvalue weighted by atomic mass is 9.75. The van der Waals surface area contributed by atoms with E-state index in [1.807, 2.05) is 74.5 Å². The molecule has 156 valence electrons. The van der Waals surface area contributed by atoms with Gasteiger partial charge < -0.3 is 9.47 Å². The van der Waals surface area contributed by atoms with Crippen molar-refractivity contribution in [3.63, 3.8) is 0 Å². The SMILES string of the molecule is CC(C)[C@H]1COC(=O)N1C(=O)[C@@H]1[C@@H](c2ccccc2)OC(=O)C[C@H]1c1ccccc1. The van der Waals surface area contributed by atoms with Gasteiger partial charge in [-0.15, -0.1) is 0 Å². The van der Waals surface area contributed by atoms with Crippen molar-refractivity contribution in [2.45, 2.75) is 38.3 Å². The fourth-order valence-electron chi connectivity index (χ4n) is 4.37. The molecule has 0 aromatic heterocycles. The van der Waals surface area contributed by atoms with Gasteiger partial charge in [0.1, 0.15) is 12.7 Å². The van der Waals surface area contributed by atoms with E-state index in [2.05, 4.69) is 0 Å². The van der Waals surface area contributed by atoms with Crippen LogP contribution in [-0.2, 0) is 19.1 Å². The smallest absolute Gasteiger partial charge is 0.416 e. The summed E-state index contributed by atoms with van der Waals surface area (Å²) in [5.41, 5.74) is 1.61. The summed E-state index contributed by atoms with van der Waals surface area (Å²) < 4.78 is 10.9. The molecule has 2 heterocycles. The van der Waals surface area contributed by atoms with Crippen LogP contribution in [0.4, 0.5) is 4.79 Å². The molecule has 0 aliphatic carbocycles. The molecule has 0 radical (unpaired) electrons. The molecule has 2 saturated heterocycles. The quantitative estimate of drug-likeness (QED) is 0.714. The van der Waals surface area contributed by atoms with Crippen LogP contribution in [0.15, 0.2) is 60.7 Å². The first-order valence-corrected chi connectivity index (χ1v) is 10.3. The van der Waals surface area contributed by atoms with Crippen molar-refractivity contribution in [3.05, 3.63) is 71.8 Å². The van der Waals surface area contributed by atoms with E-state index in [1.165, 1.54) is 4.90 Å². The zero-order valence-electron chi connectivity index (χ0n) is 17.1. The molecule has 0 unspecified atom stereocenters. The Hall–Kier alpha value is -3.15. The molecule has 2 amide bonds. The number of cyclic esters (lactones) is 2. The van der Waals surface area contributed by atoms with Crippen molar-refractivity contribution in [2.24, 2.45) is 11.8 Å². The number of nitrogens with zero attached hydrogens (tertiary/aromatic N) is 1. The summed E-state index contributed by atoms with van der Waals surface area (Å²) in [5, 5.41) is 0. The number of carbonyl (C=O) groups excluding carboxylic acids is 3. The minimum atomic E-state index is -0.772. The summed E-state index contributed by atoms with van der Waals surface area (Å²) in [7, 11) is 0. The summed E-state index contributed by atoms with van der Waals surface area (Å²) >= 11 is 0. The van der Waals surface area contributed by atoms with Gasteiger partial charge >= 0.3 is 12.1 Å². The molecule has 6 heteroatoms. The highest BCUT2D eigenvalue weighted by Crippen LogP contribution is 2.45. The number of esters is 1. The Morgan fingerprint density at radius 1 is 0.967 bits per heavy atom. The minimum absolute atomic E-state index is 0.0527. The molecule has 2 aliphatic heterocycles. The monoisotopic (exact) mass is 407 g/mol. The molecular formula is C24H25NO5. The molecule has 6 nitrogen and oxygen atoms in total. The summed E-state index contributed by atoms with van der Waals surface area (Å²) in [6, 6.07) is 18.4. The number of hydrogen-bond acceptors (Lipinski definition) is 5. The van der Waals surface area contributed by atoms with Crippen LogP contribution in [0.1, 0.15) is 43.4 Å². The van der Waals surface area contributed by atoms with Crippen LogP contribution in [0.5, 0.6) is 0 Å². The number of hydrogen-bond donors (Lipinski definition) is 0. The van der Waals surface area contributed by atoms with Crippen LogP contribution in [0.2, 0.25) is 0 Å². The number of amides is 2. The van der Waals surface area contributed by atoms with Gasteiger partial charge in [0.25, 0.3) is 0 Å². The van der Waals surface area contributed by atoms with E-state index in [0.717, 1.165) is 11.1 Å². The van der Waals surface area contributed by atoms with Gasteiger partial charge in [-0.3, -0.25) is 9.59 Å². The molecule has 0 N–H and O–H groups in total. The highest BCUT2D eigenvalue weighted by atomic mass is 16.6. The van der Waals surface area contributed by atoms with Crippen LogP contribution in [0, 0.1) is 11.8 Å². The zero-order valence-corrected chi connectivity index (χ0v) is 17.1. The second kappa shape index (κ2) is 8.30. The second-order valence-corrected chi connectivity index (χ2v) is 8.16. The predicted octanol–water partition coefficient (Wildman–Crippen LogP) is 4.08. The van der Waals surface area contributed by atoms with Crippen LogP contribution in [0.3, 0.4) is 0 Å². The third-order valence-electron chi connectivity index (χ3n) is 5.96. The van der Waals surface area contributed by atoms with E-state index >= 15 is 0 Å².